The average molecular weight is 377 g/mol. The lowest BCUT2D eigenvalue weighted by Crippen LogP contribution is -2.34. The third-order valence-corrected chi connectivity index (χ3v) is 5.80. The number of hydrogen-bond donors (Lipinski definition) is 2. The lowest BCUT2D eigenvalue weighted by atomic mass is 9.96. The van der Waals surface area contributed by atoms with Crippen molar-refractivity contribution >= 4 is 34.1 Å². The molecule has 0 aliphatic carbocycles. The second-order valence-electron chi connectivity index (χ2n) is 5.56. The molecule has 5 nitrogen and oxygen atoms in total. The van der Waals surface area contributed by atoms with Crippen molar-refractivity contribution in [2.24, 2.45) is 0 Å². The quantitative estimate of drug-likeness (QED) is 0.486. The van der Waals surface area contributed by atoms with E-state index < -0.39 is 0 Å². The topological polar surface area (TPSA) is 66.9 Å². The molecule has 0 saturated carbocycles. The highest BCUT2D eigenvalue weighted by Gasteiger charge is 2.18. The van der Waals surface area contributed by atoms with Crippen molar-refractivity contribution in [1.82, 2.24) is 15.5 Å². The largest absolute Gasteiger partial charge is 0.357 e. The Morgan fingerprint density at radius 1 is 1.36 bits per heavy atom. The number of nitrogens with zero attached hydrogens (tertiary/aromatic N) is 2. The van der Waals surface area contributed by atoms with Crippen molar-refractivity contribution < 1.29 is 4.79 Å². The summed E-state index contributed by atoms with van der Waals surface area (Å²) in [6, 6.07) is 10.3. The highest BCUT2D eigenvalue weighted by Crippen LogP contribution is 2.29. The minimum absolute atomic E-state index is 0.0233. The molecule has 1 amide bonds. The van der Waals surface area contributed by atoms with Gasteiger partial charge in [0.15, 0.2) is 4.34 Å². The maximum Gasteiger partial charge on any atom is 0.233 e. The number of amides is 1. The molecule has 0 radical (unpaired) electrons. The Bertz CT molecular complexity index is 675. The summed E-state index contributed by atoms with van der Waals surface area (Å²) >= 11 is 2.87. The smallest absolute Gasteiger partial charge is 0.233 e. The summed E-state index contributed by atoms with van der Waals surface area (Å²) in [5.74, 6) is 0.355. The van der Waals surface area contributed by atoms with Gasteiger partial charge in [-0.05, 0) is 18.9 Å². The van der Waals surface area contributed by atoms with Crippen LogP contribution >= 0.6 is 23.1 Å². The normalized spacial score (nSPS) is 13.0. The summed E-state index contributed by atoms with van der Waals surface area (Å²) in [6.45, 7) is 8.98. The first-order valence-electron chi connectivity index (χ1n) is 8.31. The standard InChI is InChI=1S/C18H24N4OS2/c1-4-11-19-17-21-22-18(25-17)24-13(3)16(23)20-12-14(5-2)15-9-7-6-8-10-15/h4,6-10,13-14H,1,5,11-12H2,2-3H3,(H,19,21)(H,20,23)/t13-,14-/m0/s1. The lowest BCUT2D eigenvalue weighted by molar-refractivity contribution is -0.120. The molecule has 1 aromatic heterocycles. The van der Waals surface area contributed by atoms with Gasteiger partial charge < -0.3 is 10.6 Å². The van der Waals surface area contributed by atoms with Gasteiger partial charge in [-0.3, -0.25) is 4.79 Å². The Morgan fingerprint density at radius 2 is 2.12 bits per heavy atom. The van der Waals surface area contributed by atoms with Crippen LogP contribution in [0.2, 0.25) is 0 Å². The van der Waals surface area contributed by atoms with E-state index in [1.54, 1.807) is 6.08 Å². The van der Waals surface area contributed by atoms with E-state index in [2.05, 4.69) is 46.5 Å². The van der Waals surface area contributed by atoms with E-state index in [4.69, 9.17) is 0 Å². The average Bonchev–Trinajstić information content (AvgIpc) is 3.08. The highest BCUT2D eigenvalue weighted by atomic mass is 32.2. The van der Waals surface area contributed by atoms with E-state index >= 15 is 0 Å². The first-order chi connectivity index (χ1) is 12.1. The van der Waals surface area contributed by atoms with Crippen molar-refractivity contribution in [3.05, 3.63) is 48.6 Å². The molecule has 0 saturated heterocycles. The number of benzene rings is 1. The van der Waals surface area contributed by atoms with Crippen LogP contribution in [0.15, 0.2) is 47.3 Å². The number of aromatic nitrogens is 2. The van der Waals surface area contributed by atoms with Gasteiger partial charge in [-0.25, -0.2) is 0 Å². The van der Waals surface area contributed by atoms with Crippen LogP contribution in [0.25, 0.3) is 0 Å². The number of thioether (sulfide) groups is 1. The Morgan fingerprint density at radius 3 is 2.80 bits per heavy atom. The molecule has 0 aliphatic rings. The van der Waals surface area contributed by atoms with E-state index in [1.165, 1.54) is 28.7 Å². The zero-order valence-corrected chi connectivity index (χ0v) is 16.2. The summed E-state index contributed by atoms with van der Waals surface area (Å²) < 4.78 is 0.782. The lowest BCUT2D eigenvalue weighted by Gasteiger charge is -2.17. The maximum absolute atomic E-state index is 12.4. The van der Waals surface area contributed by atoms with Gasteiger partial charge in [-0.15, -0.1) is 16.8 Å². The van der Waals surface area contributed by atoms with Crippen molar-refractivity contribution in [1.29, 1.82) is 0 Å². The molecule has 1 heterocycles. The van der Waals surface area contributed by atoms with Crippen LogP contribution in [0.1, 0.15) is 31.7 Å². The second-order valence-corrected chi connectivity index (χ2v) is 8.13. The number of carbonyl (C=O) groups is 1. The molecular formula is C18H24N4OS2. The second kappa shape index (κ2) is 10.2. The summed E-state index contributed by atoms with van der Waals surface area (Å²) in [7, 11) is 0. The first-order valence-corrected chi connectivity index (χ1v) is 10.0. The minimum Gasteiger partial charge on any atom is -0.357 e. The monoisotopic (exact) mass is 376 g/mol. The molecule has 2 aromatic rings. The third kappa shape index (κ3) is 6.17. The van der Waals surface area contributed by atoms with Crippen molar-refractivity contribution in [3.8, 4) is 0 Å². The molecule has 0 spiro atoms. The SMILES string of the molecule is C=CCNc1nnc(S[C@@H](C)C(=O)NC[C@H](CC)c2ccccc2)s1. The van der Waals surface area contributed by atoms with Gasteiger partial charge in [0.25, 0.3) is 0 Å². The van der Waals surface area contributed by atoms with Gasteiger partial charge >= 0.3 is 0 Å². The van der Waals surface area contributed by atoms with E-state index in [0.717, 1.165) is 15.9 Å². The predicted molar refractivity (Wildman–Crippen MR) is 106 cm³/mol. The van der Waals surface area contributed by atoms with Crippen LogP contribution in [0.3, 0.4) is 0 Å². The molecule has 2 N–H and O–H groups in total. The van der Waals surface area contributed by atoms with Crippen LogP contribution in [0.5, 0.6) is 0 Å². The molecule has 2 atom stereocenters. The van der Waals surface area contributed by atoms with Crippen molar-refractivity contribution in [2.45, 2.75) is 35.8 Å². The Labute approximate surface area is 157 Å². The van der Waals surface area contributed by atoms with Gasteiger partial charge in [0.1, 0.15) is 0 Å². The molecular weight excluding hydrogens is 352 g/mol. The summed E-state index contributed by atoms with van der Waals surface area (Å²) in [5, 5.41) is 14.8. The Hall–Kier alpha value is -1.86. The maximum atomic E-state index is 12.4. The molecule has 0 unspecified atom stereocenters. The molecule has 1 aromatic carbocycles. The molecule has 2 rings (SSSR count). The van der Waals surface area contributed by atoms with Crippen LogP contribution in [-0.2, 0) is 4.79 Å². The molecule has 0 fully saturated rings. The predicted octanol–water partition coefficient (Wildman–Crippen LogP) is 3.93. The van der Waals surface area contributed by atoms with Crippen LogP contribution in [0.4, 0.5) is 5.13 Å². The fourth-order valence-electron chi connectivity index (χ4n) is 2.28. The van der Waals surface area contributed by atoms with E-state index in [1.807, 2.05) is 25.1 Å². The van der Waals surface area contributed by atoms with E-state index in [9.17, 15) is 4.79 Å². The molecule has 25 heavy (non-hydrogen) atoms. The fourth-order valence-corrected chi connectivity index (χ4v) is 4.21. The van der Waals surface area contributed by atoms with E-state index in [0.29, 0.717) is 19.0 Å². The Kier molecular flexibility index (Phi) is 7.94. The summed E-state index contributed by atoms with van der Waals surface area (Å²) in [6.07, 6.45) is 2.75. The van der Waals surface area contributed by atoms with Crippen LogP contribution < -0.4 is 10.6 Å². The van der Waals surface area contributed by atoms with Gasteiger partial charge in [0.2, 0.25) is 11.0 Å². The zero-order chi connectivity index (χ0) is 18.1. The van der Waals surface area contributed by atoms with Gasteiger partial charge in [-0.1, -0.05) is 66.4 Å². The number of hydrogen-bond acceptors (Lipinski definition) is 6. The molecule has 134 valence electrons. The Balaban J connectivity index is 1.83. The summed E-state index contributed by atoms with van der Waals surface area (Å²) in [4.78, 5) is 12.4. The number of nitrogens with one attached hydrogen (secondary N) is 2. The minimum atomic E-state index is -0.214. The van der Waals surface area contributed by atoms with Gasteiger partial charge in [0.05, 0.1) is 5.25 Å². The number of rotatable bonds is 10. The molecule has 0 bridgehead atoms. The number of anilines is 1. The molecule has 7 heteroatoms. The third-order valence-electron chi connectivity index (χ3n) is 3.74. The van der Waals surface area contributed by atoms with Gasteiger partial charge in [0, 0.05) is 19.0 Å². The van der Waals surface area contributed by atoms with Crippen LogP contribution in [0, 0.1) is 0 Å². The molecule has 0 aliphatic heterocycles. The summed E-state index contributed by atoms with van der Waals surface area (Å²) in [5.41, 5.74) is 1.26. The fraction of sp³-hybridized carbons (Fsp3) is 0.389. The number of carbonyl (C=O) groups excluding carboxylic acids is 1. The first kappa shape index (κ1) is 19.5. The van der Waals surface area contributed by atoms with Crippen molar-refractivity contribution in [2.75, 3.05) is 18.4 Å². The van der Waals surface area contributed by atoms with Gasteiger partial charge in [-0.2, -0.15) is 0 Å². The van der Waals surface area contributed by atoms with Crippen LogP contribution in [-0.4, -0.2) is 34.4 Å². The highest BCUT2D eigenvalue weighted by molar-refractivity contribution is 8.02. The van der Waals surface area contributed by atoms with Crippen molar-refractivity contribution in [3.63, 3.8) is 0 Å². The van der Waals surface area contributed by atoms with E-state index in [-0.39, 0.29) is 11.2 Å². The zero-order valence-electron chi connectivity index (χ0n) is 14.6.